The van der Waals surface area contributed by atoms with Crippen LogP contribution >= 0.6 is 11.3 Å². The molecule has 2 aromatic carbocycles. The second kappa shape index (κ2) is 9.62. The van der Waals surface area contributed by atoms with Crippen molar-refractivity contribution in [3.8, 4) is 16.9 Å². The smallest absolute Gasteiger partial charge is 0.264 e. The molecule has 4 aromatic rings. The van der Waals surface area contributed by atoms with Crippen LogP contribution in [-0.2, 0) is 4.79 Å². The van der Waals surface area contributed by atoms with Gasteiger partial charge in [0.2, 0.25) is 11.9 Å². The Morgan fingerprint density at radius 3 is 2.31 bits per heavy atom. The fourth-order valence-electron chi connectivity index (χ4n) is 3.35. The first-order valence-corrected chi connectivity index (χ1v) is 11.3. The van der Waals surface area contributed by atoms with Crippen LogP contribution in [0.2, 0.25) is 0 Å². The molecule has 2 amide bonds. The number of rotatable bonds is 7. The van der Waals surface area contributed by atoms with Crippen molar-refractivity contribution in [1.29, 1.82) is 0 Å². The number of aromatic nitrogens is 2. The molecular weight excluding hydrogens is 420 g/mol. The van der Waals surface area contributed by atoms with Crippen LogP contribution in [0.5, 0.6) is 0 Å². The molecule has 1 N–H and O–H groups in total. The van der Waals surface area contributed by atoms with E-state index in [1.807, 2.05) is 96.7 Å². The van der Waals surface area contributed by atoms with Crippen molar-refractivity contribution in [2.75, 3.05) is 11.9 Å². The van der Waals surface area contributed by atoms with Gasteiger partial charge in [-0.2, -0.15) is 0 Å². The van der Waals surface area contributed by atoms with Gasteiger partial charge in [0.15, 0.2) is 0 Å². The number of thiophene rings is 1. The van der Waals surface area contributed by atoms with Gasteiger partial charge in [-0.3, -0.25) is 19.5 Å². The molecule has 0 spiro atoms. The Hall–Kier alpha value is -3.71. The Kier molecular flexibility index (Phi) is 6.47. The molecule has 0 unspecified atom stereocenters. The molecule has 162 valence electrons. The number of amides is 2. The van der Waals surface area contributed by atoms with Crippen LogP contribution in [0.25, 0.3) is 16.9 Å². The number of carbonyl (C=O) groups is 2. The molecule has 0 bridgehead atoms. The fourth-order valence-corrected chi connectivity index (χ4v) is 4.03. The normalized spacial score (nSPS) is 10.8. The summed E-state index contributed by atoms with van der Waals surface area (Å²) in [6.07, 6.45) is 1.90. The maximum Gasteiger partial charge on any atom is 0.264 e. The quantitative estimate of drug-likeness (QED) is 0.432. The third-order valence-corrected chi connectivity index (χ3v) is 5.85. The predicted molar refractivity (Wildman–Crippen MR) is 128 cm³/mol. The third-order valence-electron chi connectivity index (χ3n) is 4.99. The van der Waals surface area contributed by atoms with Crippen LogP contribution in [0.3, 0.4) is 0 Å². The molecule has 2 aromatic heterocycles. The topological polar surface area (TPSA) is 67.2 Å². The molecule has 32 heavy (non-hydrogen) atoms. The Balaban J connectivity index is 1.60. The van der Waals surface area contributed by atoms with Gasteiger partial charge in [-0.15, -0.1) is 11.3 Å². The molecule has 2 heterocycles. The minimum atomic E-state index is -0.300. The molecule has 0 aliphatic rings. The lowest BCUT2D eigenvalue weighted by molar-refractivity contribution is -0.117. The van der Waals surface area contributed by atoms with E-state index in [4.69, 9.17) is 0 Å². The standard InChI is InChI=1S/C25H24N4O2S/c1-18(2)28(24(31)22-14-9-15-32-22)17-23(30)27-25-26-21(19-10-5-3-6-11-19)16-29(25)20-12-7-4-8-13-20/h3-16,18H,17H2,1-2H3,(H,26,27,30). The number of benzene rings is 2. The summed E-state index contributed by atoms with van der Waals surface area (Å²) in [5.41, 5.74) is 2.59. The van der Waals surface area contributed by atoms with Crippen molar-refractivity contribution in [3.05, 3.63) is 89.3 Å². The average Bonchev–Trinajstić information content (AvgIpc) is 3.49. The molecule has 0 atom stereocenters. The zero-order valence-electron chi connectivity index (χ0n) is 17.9. The van der Waals surface area contributed by atoms with Crippen molar-refractivity contribution in [2.45, 2.75) is 19.9 Å². The second-order valence-corrected chi connectivity index (χ2v) is 8.52. The first-order valence-electron chi connectivity index (χ1n) is 10.4. The molecule has 0 radical (unpaired) electrons. The summed E-state index contributed by atoms with van der Waals surface area (Å²) in [5, 5.41) is 4.76. The van der Waals surface area contributed by atoms with Crippen molar-refractivity contribution in [2.24, 2.45) is 0 Å². The molecule has 6 nitrogen and oxygen atoms in total. The maximum absolute atomic E-state index is 13.0. The highest BCUT2D eigenvalue weighted by Crippen LogP contribution is 2.24. The minimum Gasteiger partial charge on any atom is -0.326 e. The average molecular weight is 445 g/mol. The number of imidazole rings is 1. The summed E-state index contributed by atoms with van der Waals surface area (Å²) < 4.78 is 1.85. The van der Waals surface area contributed by atoms with Gasteiger partial charge < -0.3 is 4.90 Å². The largest absolute Gasteiger partial charge is 0.326 e. The van der Waals surface area contributed by atoms with Crippen molar-refractivity contribution >= 4 is 29.1 Å². The van der Waals surface area contributed by atoms with Gasteiger partial charge in [0.05, 0.1) is 10.6 Å². The number of hydrogen-bond donors (Lipinski definition) is 1. The zero-order chi connectivity index (χ0) is 22.5. The number of para-hydroxylation sites is 1. The van der Waals surface area contributed by atoms with E-state index in [0.717, 1.165) is 16.9 Å². The Labute approximate surface area is 191 Å². The minimum absolute atomic E-state index is 0.0588. The number of anilines is 1. The summed E-state index contributed by atoms with van der Waals surface area (Å²) in [6.45, 7) is 3.74. The van der Waals surface area contributed by atoms with Gasteiger partial charge in [-0.1, -0.05) is 54.6 Å². The fraction of sp³-hybridized carbons (Fsp3) is 0.160. The third kappa shape index (κ3) is 4.78. The summed E-state index contributed by atoms with van der Waals surface area (Å²) >= 11 is 1.37. The van der Waals surface area contributed by atoms with Crippen LogP contribution in [0.15, 0.2) is 84.4 Å². The van der Waals surface area contributed by atoms with Crippen LogP contribution in [-0.4, -0.2) is 38.9 Å². The summed E-state index contributed by atoms with van der Waals surface area (Å²) in [6, 6.07) is 23.0. The van der Waals surface area contributed by atoms with Crippen LogP contribution in [0.4, 0.5) is 5.95 Å². The van der Waals surface area contributed by atoms with Crippen LogP contribution < -0.4 is 5.32 Å². The Bertz CT molecular complexity index is 1190. The molecule has 0 saturated heterocycles. The van der Waals surface area contributed by atoms with Gasteiger partial charge in [0.25, 0.3) is 5.91 Å². The molecular formula is C25H24N4O2S. The molecule has 0 aliphatic carbocycles. The molecule has 0 saturated carbocycles. The number of carbonyl (C=O) groups excluding carboxylic acids is 2. The lowest BCUT2D eigenvalue weighted by Gasteiger charge is -2.25. The van der Waals surface area contributed by atoms with Gasteiger partial charge in [0.1, 0.15) is 6.54 Å². The summed E-state index contributed by atoms with van der Waals surface area (Å²) in [5.74, 6) is -0.0418. The lowest BCUT2D eigenvalue weighted by Crippen LogP contribution is -2.42. The van der Waals surface area contributed by atoms with Gasteiger partial charge >= 0.3 is 0 Å². The number of nitrogens with one attached hydrogen (secondary N) is 1. The zero-order valence-corrected chi connectivity index (χ0v) is 18.8. The first kappa shape index (κ1) is 21.5. The molecule has 0 aliphatic heterocycles. The SMILES string of the molecule is CC(C)N(CC(=O)Nc1nc(-c2ccccc2)cn1-c1ccccc1)C(=O)c1cccs1. The lowest BCUT2D eigenvalue weighted by atomic mass is 10.2. The van der Waals surface area contributed by atoms with Crippen LogP contribution in [0, 0.1) is 0 Å². The van der Waals surface area contributed by atoms with E-state index in [9.17, 15) is 9.59 Å². The predicted octanol–water partition coefficient (Wildman–Crippen LogP) is 5.09. The molecule has 4 rings (SSSR count). The van der Waals surface area contributed by atoms with E-state index in [1.54, 1.807) is 11.0 Å². The highest BCUT2D eigenvalue weighted by Gasteiger charge is 2.23. The van der Waals surface area contributed by atoms with E-state index < -0.39 is 0 Å². The highest BCUT2D eigenvalue weighted by molar-refractivity contribution is 7.12. The molecule has 7 heteroatoms. The maximum atomic E-state index is 13.0. The first-order chi connectivity index (χ1) is 15.5. The Morgan fingerprint density at radius 2 is 1.69 bits per heavy atom. The monoisotopic (exact) mass is 444 g/mol. The highest BCUT2D eigenvalue weighted by atomic mass is 32.1. The second-order valence-electron chi connectivity index (χ2n) is 7.57. The van der Waals surface area contributed by atoms with Gasteiger partial charge in [-0.25, -0.2) is 4.98 Å². The van der Waals surface area contributed by atoms with E-state index in [2.05, 4.69) is 10.3 Å². The van der Waals surface area contributed by atoms with Crippen LogP contribution in [0.1, 0.15) is 23.5 Å². The number of hydrogen-bond acceptors (Lipinski definition) is 4. The van der Waals surface area contributed by atoms with Gasteiger partial charge in [0, 0.05) is 23.5 Å². The number of nitrogens with zero attached hydrogens (tertiary/aromatic N) is 3. The molecule has 0 fully saturated rings. The van der Waals surface area contributed by atoms with Gasteiger partial charge in [-0.05, 0) is 37.4 Å². The summed E-state index contributed by atoms with van der Waals surface area (Å²) in [7, 11) is 0. The Morgan fingerprint density at radius 1 is 1.00 bits per heavy atom. The van der Waals surface area contributed by atoms with Crippen molar-refractivity contribution < 1.29 is 9.59 Å². The summed E-state index contributed by atoms with van der Waals surface area (Å²) in [4.78, 5) is 32.7. The van der Waals surface area contributed by atoms with E-state index in [-0.39, 0.29) is 24.4 Å². The van der Waals surface area contributed by atoms with E-state index in [1.165, 1.54) is 11.3 Å². The van der Waals surface area contributed by atoms with Crippen molar-refractivity contribution in [1.82, 2.24) is 14.5 Å². The van der Waals surface area contributed by atoms with E-state index in [0.29, 0.717) is 10.8 Å². The van der Waals surface area contributed by atoms with Crippen molar-refractivity contribution in [3.63, 3.8) is 0 Å². The van der Waals surface area contributed by atoms with E-state index >= 15 is 0 Å².